The summed E-state index contributed by atoms with van der Waals surface area (Å²) in [6.45, 7) is 2.27. The van der Waals surface area contributed by atoms with Crippen molar-refractivity contribution < 1.29 is 9.47 Å². The van der Waals surface area contributed by atoms with Gasteiger partial charge < -0.3 is 9.47 Å². The zero-order chi connectivity index (χ0) is 13.9. The Morgan fingerprint density at radius 2 is 2.00 bits per heavy atom. The maximum absolute atomic E-state index is 9.35. The van der Waals surface area contributed by atoms with Crippen LogP contribution in [-0.4, -0.2) is 6.79 Å². The largest absolute Gasteiger partial charge is 0.454 e. The molecule has 2 aromatic carbocycles. The van der Waals surface area contributed by atoms with Crippen LogP contribution in [0, 0.1) is 18.3 Å². The summed E-state index contributed by atoms with van der Waals surface area (Å²) in [5, 5.41) is 9.35. The fourth-order valence-corrected chi connectivity index (χ4v) is 2.16. The van der Waals surface area contributed by atoms with Crippen LogP contribution in [-0.2, 0) is 0 Å². The second-order valence-electron chi connectivity index (χ2n) is 4.65. The van der Waals surface area contributed by atoms with E-state index in [-0.39, 0.29) is 6.79 Å². The molecule has 0 aliphatic carbocycles. The summed E-state index contributed by atoms with van der Waals surface area (Å²) in [4.78, 5) is 0. The van der Waals surface area contributed by atoms with E-state index in [1.54, 1.807) is 0 Å². The van der Waals surface area contributed by atoms with Gasteiger partial charge in [-0.3, -0.25) is 0 Å². The van der Waals surface area contributed by atoms with Crippen molar-refractivity contribution in [3.8, 4) is 17.6 Å². The SMILES string of the molecule is Cc1cccc(C(C#N)=Cc2ccc3c(c2)OCO3)c1. The molecule has 1 aliphatic rings. The number of aryl methyl sites for hydroxylation is 1. The van der Waals surface area contributed by atoms with Crippen molar-refractivity contribution in [3.63, 3.8) is 0 Å². The molecule has 0 spiro atoms. The van der Waals surface area contributed by atoms with Crippen LogP contribution >= 0.6 is 0 Å². The topological polar surface area (TPSA) is 42.2 Å². The number of allylic oxidation sites excluding steroid dienone is 1. The number of nitrogens with zero attached hydrogens (tertiary/aromatic N) is 1. The van der Waals surface area contributed by atoms with Gasteiger partial charge in [-0.15, -0.1) is 0 Å². The lowest BCUT2D eigenvalue weighted by Crippen LogP contribution is -1.92. The van der Waals surface area contributed by atoms with Crippen molar-refractivity contribution in [1.29, 1.82) is 5.26 Å². The van der Waals surface area contributed by atoms with Crippen molar-refractivity contribution in [3.05, 3.63) is 59.2 Å². The Bertz CT molecular complexity index is 726. The lowest BCUT2D eigenvalue weighted by Gasteiger charge is -2.02. The van der Waals surface area contributed by atoms with E-state index in [2.05, 4.69) is 6.07 Å². The van der Waals surface area contributed by atoms with Gasteiger partial charge in [-0.1, -0.05) is 35.9 Å². The van der Waals surface area contributed by atoms with Gasteiger partial charge in [-0.25, -0.2) is 0 Å². The van der Waals surface area contributed by atoms with E-state index >= 15 is 0 Å². The number of benzene rings is 2. The van der Waals surface area contributed by atoms with Crippen molar-refractivity contribution in [2.24, 2.45) is 0 Å². The molecule has 0 unspecified atom stereocenters. The zero-order valence-electron chi connectivity index (χ0n) is 11.1. The molecule has 0 aromatic heterocycles. The van der Waals surface area contributed by atoms with E-state index in [1.165, 1.54) is 0 Å². The van der Waals surface area contributed by atoms with Crippen molar-refractivity contribution in [1.82, 2.24) is 0 Å². The van der Waals surface area contributed by atoms with Crippen molar-refractivity contribution in [2.75, 3.05) is 6.79 Å². The number of ether oxygens (including phenoxy) is 2. The Morgan fingerprint density at radius 1 is 1.15 bits per heavy atom. The average Bonchev–Trinajstić information content (AvgIpc) is 2.92. The second kappa shape index (κ2) is 5.10. The predicted octanol–water partition coefficient (Wildman–Crippen LogP) is 3.79. The lowest BCUT2D eigenvalue weighted by molar-refractivity contribution is 0.174. The summed E-state index contributed by atoms with van der Waals surface area (Å²) in [6, 6.07) is 15.8. The van der Waals surface area contributed by atoms with Crippen LogP contribution in [0.5, 0.6) is 11.5 Å². The molecular weight excluding hydrogens is 250 g/mol. The van der Waals surface area contributed by atoms with Gasteiger partial charge in [0.2, 0.25) is 6.79 Å². The van der Waals surface area contributed by atoms with Crippen molar-refractivity contribution in [2.45, 2.75) is 6.92 Å². The maximum atomic E-state index is 9.35. The Morgan fingerprint density at radius 3 is 2.80 bits per heavy atom. The minimum absolute atomic E-state index is 0.255. The molecule has 3 nitrogen and oxygen atoms in total. The van der Waals surface area contributed by atoms with Crippen LogP contribution < -0.4 is 9.47 Å². The van der Waals surface area contributed by atoms with Crippen LogP contribution in [0.1, 0.15) is 16.7 Å². The summed E-state index contributed by atoms with van der Waals surface area (Å²) >= 11 is 0. The van der Waals surface area contributed by atoms with E-state index in [0.717, 1.165) is 28.2 Å². The predicted molar refractivity (Wildman–Crippen MR) is 77.2 cm³/mol. The van der Waals surface area contributed by atoms with Crippen LogP contribution in [0.25, 0.3) is 11.6 Å². The molecule has 0 amide bonds. The van der Waals surface area contributed by atoms with E-state index in [1.807, 2.05) is 55.5 Å². The Hall–Kier alpha value is -2.73. The molecule has 3 heteroatoms. The third kappa shape index (κ3) is 2.36. The minimum atomic E-state index is 0.255. The van der Waals surface area contributed by atoms with Gasteiger partial charge in [0.25, 0.3) is 0 Å². The summed E-state index contributed by atoms with van der Waals surface area (Å²) in [6.07, 6.45) is 1.86. The first-order valence-corrected chi connectivity index (χ1v) is 6.35. The summed E-state index contributed by atoms with van der Waals surface area (Å²) in [5.74, 6) is 1.47. The fraction of sp³-hybridized carbons (Fsp3) is 0.118. The number of hydrogen-bond acceptors (Lipinski definition) is 3. The molecule has 3 rings (SSSR count). The number of hydrogen-bond donors (Lipinski definition) is 0. The van der Waals surface area contributed by atoms with Crippen LogP contribution in [0.3, 0.4) is 0 Å². The number of nitriles is 1. The molecule has 2 aromatic rings. The molecule has 98 valence electrons. The molecule has 0 atom stereocenters. The van der Waals surface area contributed by atoms with Gasteiger partial charge in [0, 0.05) is 0 Å². The van der Waals surface area contributed by atoms with Gasteiger partial charge in [0.05, 0.1) is 11.6 Å². The summed E-state index contributed by atoms with van der Waals surface area (Å²) < 4.78 is 10.6. The monoisotopic (exact) mass is 263 g/mol. The highest BCUT2D eigenvalue weighted by atomic mass is 16.7. The molecule has 0 fully saturated rings. The smallest absolute Gasteiger partial charge is 0.231 e. The molecule has 1 aliphatic heterocycles. The van der Waals surface area contributed by atoms with Gasteiger partial charge in [0.1, 0.15) is 0 Å². The van der Waals surface area contributed by atoms with Gasteiger partial charge >= 0.3 is 0 Å². The van der Waals surface area contributed by atoms with Gasteiger partial charge in [-0.05, 0) is 36.3 Å². The molecule has 1 heterocycles. The Balaban J connectivity index is 1.99. The maximum Gasteiger partial charge on any atom is 0.231 e. The molecular formula is C17H13NO2. The van der Waals surface area contributed by atoms with Gasteiger partial charge in [-0.2, -0.15) is 5.26 Å². The second-order valence-corrected chi connectivity index (χ2v) is 4.65. The van der Waals surface area contributed by atoms with E-state index in [0.29, 0.717) is 5.57 Å². The standard InChI is InChI=1S/C17H13NO2/c1-12-3-2-4-14(7-12)15(10-18)8-13-5-6-16-17(9-13)20-11-19-16/h2-9H,11H2,1H3. The van der Waals surface area contributed by atoms with Crippen LogP contribution in [0.15, 0.2) is 42.5 Å². The molecule has 20 heavy (non-hydrogen) atoms. The number of fused-ring (bicyclic) bond motifs is 1. The number of rotatable bonds is 2. The van der Waals surface area contributed by atoms with Crippen molar-refractivity contribution >= 4 is 11.6 Å². The van der Waals surface area contributed by atoms with E-state index in [9.17, 15) is 5.26 Å². The van der Waals surface area contributed by atoms with E-state index in [4.69, 9.17) is 9.47 Å². The Labute approximate surface area is 117 Å². The molecule has 0 N–H and O–H groups in total. The van der Waals surface area contributed by atoms with Gasteiger partial charge in [0.15, 0.2) is 11.5 Å². The highest BCUT2D eigenvalue weighted by Crippen LogP contribution is 2.33. The van der Waals surface area contributed by atoms with E-state index < -0.39 is 0 Å². The molecule has 0 saturated carbocycles. The highest BCUT2D eigenvalue weighted by Gasteiger charge is 2.12. The normalized spacial score (nSPS) is 13.1. The van der Waals surface area contributed by atoms with Crippen LogP contribution in [0.2, 0.25) is 0 Å². The third-order valence-corrected chi connectivity index (χ3v) is 3.16. The first kappa shape index (κ1) is 12.3. The summed E-state index contributed by atoms with van der Waals surface area (Å²) in [7, 11) is 0. The third-order valence-electron chi connectivity index (χ3n) is 3.16. The highest BCUT2D eigenvalue weighted by molar-refractivity contribution is 5.90. The first-order chi connectivity index (χ1) is 9.76. The average molecular weight is 263 g/mol. The molecule has 0 radical (unpaired) electrons. The summed E-state index contributed by atoms with van der Waals surface area (Å²) in [5.41, 5.74) is 3.61. The Kier molecular flexibility index (Phi) is 3.14. The lowest BCUT2D eigenvalue weighted by atomic mass is 10.0. The zero-order valence-corrected chi connectivity index (χ0v) is 11.1. The quantitative estimate of drug-likeness (QED) is 0.611. The minimum Gasteiger partial charge on any atom is -0.454 e. The molecule has 0 saturated heterocycles. The molecule has 0 bridgehead atoms. The fourth-order valence-electron chi connectivity index (χ4n) is 2.16. The first-order valence-electron chi connectivity index (χ1n) is 6.35. The van der Waals surface area contributed by atoms with Crippen LogP contribution in [0.4, 0.5) is 0 Å².